The molecule has 0 spiro atoms. The first-order valence-corrected chi connectivity index (χ1v) is 16.1. The van der Waals surface area contributed by atoms with Crippen molar-refractivity contribution in [3.8, 4) is 11.1 Å². The van der Waals surface area contributed by atoms with Crippen molar-refractivity contribution in [3.05, 3.63) is 58.7 Å². The van der Waals surface area contributed by atoms with E-state index in [0.29, 0.717) is 68.3 Å². The lowest BCUT2D eigenvalue weighted by molar-refractivity contribution is -0.177. The van der Waals surface area contributed by atoms with Crippen LogP contribution in [0.1, 0.15) is 96.1 Å². The number of carbonyl (C=O) groups excluding carboxylic acids is 5. The van der Waals surface area contributed by atoms with Crippen LogP contribution in [0, 0.1) is 0 Å². The number of Topliss-reactive ketones (excluding diaryl/α,β-unsaturated/α-hetero) is 2. The number of nitrogens with zero attached hydrogens (tertiary/aromatic N) is 1. The number of benzene rings is 2. The minimum absolute atomic E-state index is 0.0367. The molecule has 1 heterocycles. The lowest BCUT2D eigenvalue weighted by Gasteiger charge is -2.17. The van der Waals surface area contributed by atoms with Crippen LogP contribution < -0.4 is 0 Å². The topological polar surface area (TPSA) is 155 Å². The molecule has 1 fully saturated rings. The van der Waals surface area contributed by atoms with Gasteiger partial charge in [-0.25, -0.2) is 4.79 Å². The highest BCUT2D eigenvalue weighted by atomic mass is 16.8. The molecule has 2 atom stereocenters. The molecular weight excluding hydrogens is 610 g/mol. The van der Waals surface area contributed by atoms with Gasteiger partial charge in [0.25, 0.3) is 11.8 Å². The van der Waals surface area contributed by atoms with Crippen molar-refractivity contribution in [1.29, 1.82) is 0 Å². The summed E-state index contributed by atoms with van der Waals surface area (Å²) in [5.41, 5.74) is 4.17. The Bertz CT molecular complexity index is 1420. The van der Waals surface area contributed by atoms with Crippen molar-refractivity contribution in [1.82, 2.24) is 5.06 Å². The zero-order valence-corrected chi connectivity index (χ0v) is 27.0. The normalized spacial score (nSPS) is 15.8. The van der Waals surface area contributed by atoms with Crippen molar-refractivity contribution in [2.24, 2.45) is 0 Å². The summed E-state index contributed by atoms with van der Waals surface area (Å²) in [7, 11) is 1.63. The SMILES string of the molecule is COCCCOCCCC(=O)c1ccc2c(c1)C(COC(=O)ON1C(=O)CCC1=O)c1cc(C(=O)CCCOC(C)CCO)ccc1-2. The summed E-state index contributed by atoms with van der Waals surface area (Å²) in [5, 5.41) is 9.46. The standard InChI is InChI=1S/C35H43NO11/c1-23(14-15-37)45-19-4-7-32(39)25-9-11-27-26-10-8-24(31(38)6-3-17-44-18-5-16-43-2)20-28(26)30(29(27)21-25)22-46-35(42)47-36-33(40)12-13-34(36)41/h8-11,20-21,23,30,37H,3-7,12-19,22H2,1-2H3. The molecule has 12 heteroatoms. The molecule has 47 heavy (non-hydrogen) atoms. The first kappa shape index (κ1) is 35.9. The summed E-state index contributed by atoms with van der Waals surface area (Å²) in [6.45, 7) is 3.71. The second-order valence-electron chi connectivity index (χ2n) is 11.6. The average Bonchev–Trinajstić information content (AvgIpc) is 3.55. The Balaban J connectivity index is 1.47. The Kier molecular flexibility index (Phi) is 13.6. The number of amides is 2. The molecule has 0 bridgehead atoms. The molecule has 1 saturated heterocycles. The fourth-order valence-corrected chi connectivity index (χ4v) is 5.61. The van der Waals surface area contributed by atoms with Crippen LogP contribution in [0.5, 0.6) is 0 Å². The Hall–Kier alpha value is -3.97. The van der Waals surface area contributed by atoms with Crippen molar-refractivity contribution in [2.75, 3.05) is 46.8 Å². The van der Waals surface area contributed by atoms with Gasteiger partial charge in [0, 0.05) is 82.9 Å². The van der Waals surface area contributed by atoms with Crippen LogP contribution >= 0.6 is 0 Å². The summed E-state index contributed by atoms with van der Waals surface area (Å²) < 4.78 is 21.6. The van der Waals surface area contributed by atoms with E-state index in [4.69, 9.17) is 28.9 Å². The number of rotatable bonds is 20. The van der Waals surface area contributed by atoms with E-state index in [1.54, 1.807) is 31.4 Å². The van der Waals surface area contributed by atoms with Crippen LogP contribution in [0.2, 0.25) is 0 Å². The Morgan fingerprint density at radius 3 is 2.00 bits per heavy atom. The first-order chi connectivity index (χ1) is 22.7. The van der Waals surface area contributed by atoms with Gasteiger partial charge >= 0.3 is 6.16 Å². The minimum Gasteiger partial charge on any atom is -0.432 e. The number of hydroxylamine groups is 2. The Morgan fingerprint density at radius 1 is 0.851 bits per heavy atom. The number of hydrogen-bond acceptors (Lipinski definition) is 11. The molecule has 1 aliphatic heterocycles. The fourth-order valence-electron chi connectivity index (χ4n) is 5.61. The number of ketones is 2. The predicted molar refractivity (Wildman–Crippen MR) is 169 cm³/mol. The lowest BCUT2D eigenvalue weighted by atomic mass is 9.93. The third-order valence-corrected chi connectivity index (χ3v) is 8.14. The molecule has 254 valence electrons. The summed E-state index contributed by atoms with van der Waals surface area (Å²) >= 11 is 0. The molecule has 0 aromatic heterocycles. The predicted octanol–water partition coefficient (Wildman–Crippen LogP) is 4.78. The third-order valence-electron chi connectivity index (χ3n) is 8.14. The maximum Gasteiger partial charge on any atom is 0.533 e. The molecule has 2 unspecified atom stereocenters. The van der Waals surface area contributed by atoms with Gasteiger partial charge in [0.05, 0.1) is 6.10 Å². The van der Waals surface area contributed by atoms with E-state index in [9.17, 15) is 24.0 Å². The number of methoxy groups -OCH3 is 1. The monoisotopic (exact) mass is 653 g/mol. The quantitative estimate of drug-likeness (QED) is 0.0908. The van der Waals surface area contributed by atoms with Crippen molar-refractivity contribution in [2.45, 2.75) is 70.3 Å². The fraction of sp³-hybridized carbons (Fsp3) is 0.514. The first-order valence-electron chi connectivity index (χ1n) is 16.1. The number of ether oxygens (including phenoxy) is 4. The van der Waals surface area contributed by atoms with Crippen LogP contribution in [0.4, 0.5) is 4.79 Å². The van der Waals surface area contributed by atoms with Crippen LogP contribution in [0.25, 0.3) is 11.1 Å². The number of aliphatic hydroxyl groups excluding tert-OH is 1. The highest BCUT2D eigenvalue weighted by Gasteiger charge is 2.35. The van der Waals surface area contributed by atoms with Crippen LogP contribution in [-0.2, 0) is 33.4 Å². The molecule has 4 rings (SSSR count). The molecule has 0 saturated carbocycles. The smallest absolute Gasteiger partial charge is 0.432 e. The maximum absolute atomic E-state index is 13.1. The van der Waals surface area contributed by atoms with Gasteiger partial charge in [-0.15, -0.1) is 0 Å². The molecule has 2 amide bonds. The summed E-state index contributed by atoms with van der Waals surface area (Å²) in [4.78, 5) is 67.5. The highest BCUT2D eigenvalue weighted by molar-refractivity contribution is 6.01. The van der Waals surface area contributed by atoms with Crippen molar-refractivity contribution < 1.29 is 52.9 Å². The second-order valence-corrected chi connectivity index (χ2v) is 11.6. The zero-order chi connectivity index (χ0) is 33.8. The number of carbonyl (C=O) groups is 5. The van der Waals surface area contributed by atoms with E-state index in [-0.39, 0.29) is 50.1 Å². The van der Waals surface area contributed by atoms with E-state index in [2.05, 4.69) is 0 Å². The van der Waals surface area contributed by atoms with Crippen molar-refractivity contribution >= 4 is 29.5 Å². The number of hydrogen-bond donors (Lipinski definition) is 1. The molecule has 2 aliphatic rings. The number of aliphatic hydroxyl groups is 1. The van der Waals surface area contributed by atoms with Gasteiger partial charge < -0.3 is 24.1 Å². The maximum atomic E-state index is 13.1. The molecular formula is C35H43NO11. The van der Waals surface area contributed by atoms with E-state index in [1.165, 1.54) is 0 Å². The van der Waals surface area contributed by atoms with E-state index >= 15 is 0 Å². The summed E-state index contributed by atoms with van der Waals surface area (Å²) in [5.74, 6) is -1.91. The van der Waals surface area contributed by atoms with Crippen LogP contribution in [0.15, 0.2) is 36.4 Å². The van der Waals surface area contributed by atoms with E-state index < -0.39 is 23.9 Å². The van der Waals surface area contributed by atoms with E-state index in [1.807, 2.05) is 19.1 Å². The molecule has 0 radical (unpaired) electrons. The second kappa shape index (κ2) is 17.8. The van der Waals surface area contributed by atoms with Gasteiger partial charge in [-0.05, 0) is 67.0 Å². The number of imide groups is 1. The van der Waals surface area contributed by atoms with Gasteiger partial charge in [0.2, 0.25) is 0 Å². The minimum atomic E-state index is -1.20. The molecule has 1 aliphatic carbocycles. The summed E-state index contributed by atoms with van der Waals surface area (Å²) in [6, 6.07) is 10.8. The van der Waals surface area contributed by atoms with E-state index in [0.717, 1.165) is 28.7 Å². The molecule has 1 N–H and O–H groups in total. The van der Waals surface area contributed by atoms with Crippen LogP contribution in [0.3, 0.4) is 0 Å². The van der Waals surface area contributed by atoms with Gasteiger partial charge in [0.15, 0.2) is 11.6 Å². The average molecular weight is 654 g/mol. The summed E-state index contributed by atoms with van der Waals surface area (Å²) in [6.07, 6.45) is 1.55. The Morgan fingerprint density at radius 2 is 1.43 bits per heavy atom. The van der Waals surface area contributed by atoms with Gasteiger partial charge in [-0.2, -0.15) is 0 Å². The van der Waals surface area contributed by atoms with Gasteiger partial charge in [0.1, 0.15) is 6.61 Å². The third kappa shape index (κ3) is 9.77. The van der Waals surface area contributed by atoms with Gasteiger partial charge in [-0.3, -0.25) is 24.0 Å². The van der Waals surface area contributed by atoms with Gasteiger partial charge in [-0.1, -0.05) is 29.3 Å². The van der Waals surface area contributed by atoms with Crippen molar-refractivity contribution in [3.63, 3.8) is 0 Å². The molecule has 2 aromatic rings. The molecule has 2 aromatic carbocycles. The molecule has 12 nitrogen and oxygen atoms in total. The largest absolute Gasteiger partial charge is 0.533 e. The Labute approximate surface area is 274 Å². The number of fused-ring (bicyclic) bond motifs is 3. The lowest BCUT2D eigenvalue weighted by Crippen LogP contribution is -2.32. The van der Waals surface area contributed by atoms with Crippen LogP contribution in [-0.4, -0.2) is 92.6 Å². The zero-order valence-electron chi connectivity index (χ0n) is 27.0. The highest BCUT2D eigenvalue weighted by Crippen LogP contribution is 2.46.